The van der Waals surface area contributed by atoms with E-state index >= 15 is 0 Å². The summed E-state index contributed by atoms with van der Waals surface area (Å²) in [7, 11) is -3.29. The molecule has 2 N–H and O–H groups in total. The average molecular weight is 175 g/mol. The molecule has 0 bridgehead atoms. The van der Waals surface area contributed by atoms with E-state index in [-0.39, 0.29) is 0 Å². The molecule has 0 atom stereocenters. The second-order valence-corrected chi connectivity index (χ2v) is 4.10. The first-order chi connectivity index (χ1) is 4.93. The van der Waals surface area contributed by atoms with E-state index in [0.717, 1.165) is 10.3 Å². The maximum absolute atomic E-state index is 10.9. The Bertz CT molecular complexity index is 365. The van der Waals surface area contributed by atoms with Crippen molar-refractivity contribution < 1.29 is 8.42 Å². The molecule has 1 rings (SSSR count). The number of anilines is 1. The molecule has 0 amide bonds. The van der Waals surface area contributed by atoms with Crippen molar-refractivity contribution in [1.29, 1.82) is 0 Å². The standard InChI is InChI=1S/C5H9N3O2S/c1-4-5(6)3-7-8(4)11(2,9)10/h3H,6H2,1-2H3. The topological polar surface area (TPSA) is 78.0 Å². The minimum Gasteiger partial charge on any atom is -0.396 e. The maximum atomic E-state index is 10.9. The van der Waals surface area contributed by atoms with Crippen molar-refractivity contribution in [3.8, 4) is 0 Å². The van der Waals surface area contributed by atoms with Gasteiger partial charge in [0.05, 0.1) is 23.8 Å². The highest BCUT2D eigenvalue weighted by molar-refractivity contribution is 7.89. The van der Waals surface area contributed by atoms with E-state index in [9.17, 15) is 8.42 Å². The Hall–Kier alpha value is -1.04. The van der Waals surface area contributed by atoms with Gasteiger partial charge in [0, 0.05) is 0 Å². The summed E-state index contributed by atoms with van der Waals surface area (Å²) in [5.41, 5.74) is 6.23. The van der Waals surface area contributed by atoms with E-state index in [2.05, 4.69) is 5.10 Å². The lowest BCUT2D eigenvalue weighted by molar-refractivity contribution is 0.584. The quantitative estimate of drug-likeness (QED) is 0.629. The molecule has 1 aromatic rings. The van der Waals surface area contributed by atoms with Crippen molar-refractivity contribution in [3.63, 3.8) is 0 Å². The van der Waals surface area contributed by atoms with Crippen LogP contribution in [0.2, 0.25) is 0 Å². The second kappa shape index (κ2) is 2.23. The van der Waals surface area contributed by atoms with Gasteiger partial charge < -0.3 is 5.73 Å². The Morgan fingerprint density at radius 2 is 2.18 bits per heavy atom. The molecule has 0 aromatic carbocycles. The van der Waals surface area contributed by atoms with Gasteiger partial charge in [-0.05, 0) is 6.92 Å². The largest absolute Gasteiger partial charge is 0.396 e. The number of hydrogen-bond acceptors (Lipinski definition) is 4. The summed E-state index contributed by atoms with van der Waals surface area (Å²) in [4.78, 5) is 0. The Kier molecular flexibility index (Phi) is 1.63. The molecule has 0 aliphatic carbocycles. The Morgan fingerprint density at radius 1 is 1.64 bits per heavy atom. The highest BCUT2D eigenvalue weighted by Gasteiger charge is 2.10. The van der Waals surface area contributed by atoms with Gasteiger partial charge in [0.2, 0.25) is 0 Å². The summed E-state index contributed by atoms with van der Waals surface area (Å²) in [5.74, 6) is 0. The molecule has 0 aliphatic heterocycles. The van der Waals surface area contributed by atoms with Crippen molar-refractivity contribution in [1.82, 2.24) is 9.19 Å². The normalized spacial score (nSPS) is 11.8. The summed E-state index contributed by atoms with van der Waals surface area (Å²) in [5, 5.41) is 3.59. The molecular weight excluding hydrogens is 166 g/mol. The van der Waals surface area contributed by atoms with Gasteiger partial charge in [-0.1, -0.05) is 0 Å². The Balaban J connectivity index is 3.38. The van der Waals surface area contributed by atoms with E-state index in [1.54, 1.807) is 6.92 Å². The summed E-state index contributed by atoms with van der Waals surface area (Å²) < 4.78 is 22.7. The van der Waals surface area contributed by atoms with Crippen LogP contribution in [0.3, 0.4) is 0 Å². The van der Waals surface area contributed by atoms with Crippen LogP contribution in [0, 0.1) is 6.92 Å². The lowest BCUT2D eigenvalue weighted by Crippen LogP contribution is -2.13. The van der Waals surface area contributed by atoms with Crippen molar-refractivity contribution in [2.75, 3.05) is 12.0 Å². The Labute approximate surface area is 64.9 Å². The number of nitrogen functional groups attached to an aromatic ring is 1. The van der Waals surface area contributed by atoms with Crippen LogP contribution < -0.4 is 5.73 Å². The molecule has 1 aromatic heterocycles. The van der Waals surface area contributed by atoms with Crippen LogP contribution in [-0.4, -0.2) is 23.9 Å². The maximum Gasteiger partial charge on any atom is 0.251 e. The number of nitrogens with zero attached hydrogens (tertiary/aromatic N) is 2. The van der Waals surface area contributed by atoms with Crippen LogP contribution >= 0.6 is 0 Å². The van der Waals surface area contributed by atoms with Crippen LogP contribution in [0.15, 0.2) is 6.20 Å². The number of nitrogens with two attached hydrogens (primary N) is 1. The molecule has 1 heterocycles. The van der Waals surface area contributed by atoms with Crippen LogP contribution in [0.1, 0.15) is 5.69 Å². The Morgan fingerprint density at radius 3 is 2.36 bits per heavy atom. The van der Waals surface area contributed by atoms with E-state index in [0.29, 0.717) is 11.4 Å². The molecule has 0 spiro atoms. The summed E-state index contributed by atoms with van der Waals surface area (Å²) in [6, 6.07) is 0. The van der Waals surface area contributed by atoms with Crippen LogP contribution in [0.25, 0.3) is 0 Å². The molecule has 62 valence electrons. The minimum absolute atomic E-state index is 0.385. The summed E-state index contributed by atoms with van der Waals surface area (Å²) >= 11 is 0. The fourth-order valence-corrected chi connectivity index (χ4v) is 1.56. The molecule has 5 nitrogen and oxygen atoms in total. The first-order valence-corrected chi connectivity index (χ1v) is 4.78. The minimum atomic E-state index is -3.29. The predicted molar refractivity (Wildman–Crippen MR) is 41.6 cm³/mol. The van der Waals surface area contributed by atoms with Crippen molar-refractivity contribution in [2.24, 2.45) is 0 Å². The molecule has 0 radical (unpaired) electrons. The molecule has 0 fully saturated rings. The molecule has 6 heteroatoms. The van der Waals surface area contributed by atoms with Gasteiger partial charge in [-0.2, -0.15) is 9.19 Å². The van der Waals surface area contributed by atoms with Gasteiger partial charge in [0.1, 0.15) is 0 Å². The summed E-state index contributed by atoms with van der Waals surface area (Å²) in [6.07, 6.45) is 2.39. The van der Waals surface area contributed by atoms with Gasteiger partial charge >= 0.3 is 0 Å². The first kappa shape index (κ1) is 8.06. The fourth-order valence-electron chi connectivity index (χ4n) is 0.739. The zero-order chi connectivity index (χ0) is 8.65. The molecular formula is C5H9N3O2S. The summed E-state index contributed by atoms with van der Waals surface area (Å²) in [6.45, 7) is 1.60. The number of rotatable bonds is 1. The lowest BCUT2D eigenvalue weighted by Gasteiger charge is -1.98. The molecule has 11 heavy (non-hydrogen) atoms. The smallest absolute Gasteiger partial charge is 0.251 e. The SMILES string of the molecule is Cc1c(N)cnn1S(C)(=O)=O. The van der Waals surface area contributed by atoms with Crippen LogP contribution in [-0.2, 0) is 10.0 Å². The second-order valence-electron chi connectivity index (χ2n) is 2.29. The van der Waals surface area contributed by atoms with Crippen molar-refractivity contribution >= 4 is 15.7 Å². The highest BCUT2D eigenvalue weighted by Crippen LogP contribution is 2.09. The van der Waals surface area contributed by atoms with E-state index in [1.165, 1.54) is 6.20 Å². The van der Waals surface area contributed by atoms with Gasteiger partial charge in [0.15, 0.2) is 0 Å². The van der Waals surface area contributed by atoms with Crippen molar-refractivity contribution in [3.05, 3.63) is 11.9 Å². The van der Waals surface area contributed by atoms with E-state index < -0.39 is 10.0 Å². The third kappa shape index (κ3) is 1.35. The van der Waals surface area contributed by atoms with Crippen LogP contribution in [0.5, 0.6) is 0 Å². The lowest BCUT2D eigenvalue weighted by atomic mass is 10.4. The van der Waals surface area contributed by atoms with E-state index in [1.807, 2.05) is 0 Å². The van der Waals surface area contributed by atoms with Gasteiger partial charge in [-0.3, -0.25) is 0 Å². The zero-order valence-corrected chi connectivity index (χ0v) is 7.09. The molecule has 0 saturated heterocycles. The van der Waals surface area contributed by atoms with Crippen molar-refractivity contribution in [2.45, 2.75) is 6.92 Å². The zero-order valence-electron chi connectivity index (χ0n) is 6.27. The first-order valence-electron chi connectivity index (χ1n) is 2.93. The third-order valence-electron chi connectivity index (χ3n) is 1.32. The van der Waals surface area contributed by atoms with Gasteiger partial charge in [-0.15, -0.1) is 0 Å². The molecule has 0 unspecified atom stereocenters. The van der Waals surface area contributed by atoms with E-state index in [4.69, 9.17) is 5.73 Å². The monoisotopic (exact) mass is 175 g/mol. The number of aromatic nitrogens is 2. The highest BCUT2D eigenvalue weighted by atomic mass is 32.2. The molecule has 0 saturated carbocycles. The van der Waals surface area contributed by atoms with Crippen LogP contribution in [0.4, 0.5) is 5.69 Å². The number of hydrogen-bond donors (Lipinski definition) is 1. The van der Waals surface area contributed by atoms with Gasteiger partial charge in [-0.25, -0.2) is 8.42 Å². The average Bonchev–Trinajstić information content (AvgIpc) is 2.11. The van der Waals surface area contributed by atoms with Gasteiger partial charge in [0.25, 0.3) is 10.0 Å². The molecule has 0 aliphatic rings. The fraction of sp³-hybridized carbons (Fsp3) is 0.400. The predicted octanol–water partition coefficient (Wildman–Crippen LogP) is -0.419. The third-order valence-corrected chi connectivity index (χ3v) is 2.32.